The van der Waals surface area contributed by atoms with Gasteiger partial charge in [0.05, 0.1) is 25.1 Å². The van der Waals surface area contributed by atoms with Crippen LogP contribution in [0.2, 0.25) is 0 Å². The Morgan fingerprint density at radius 3 is 2.49 bits per heavy atom. The van der Waals surface area contributed by atoms with Crippen molar-refractivity contribution < 1.29 is 19.1 Å². The molecule has 4 rings (SSSR count). The first-order valence-electron chi connectivity index (χ1n) is 11.8. The van der Waals surface area contributed by atoms with Crippen molar-refractivity contribution in [2.24, 2.45) is 0 Å². The first-order chi connectivity index (χ1) is 16.8. The molecule has 0 bridgehead atoms. The number of amides is 2. The van der Waals surface area contributed by atoms with Crippen LogP contribution in [0.1, 0.15) is 54.2 Å². The zero-order chi connectivity index (χ0) is 25.0. The van der Waals surface area contributed by atoms with Crippen molar-refractivity contribution in [1.82, 2.24) is 24.5 Å². The monoisotopic (exact) mass is 480 g/mol. The first-order valence-corrected chi connectivity index (χ1v) is 11.8. The number of rotatable bonds is 7. The predicted octanol–water partition coefficient (Wildman–Crippen LogP) is 3.16. The number of nitrogens with one attached hydrogen (secondary N) is 1. The molecule has 1 aliphatic heterocycles. The first kappa shape index (κ1) is 24.5. The van der Waals surface area contributed by atoms with E-state index < -0.39 is 5.91 Å². The number of morpholine rings is 1. The molecule has 1 N–H and O–H groups in total. The van der Waals surface area contributed by atoms with Gasteiger partial charge in [-0.15, -0.1) is 0 Å². The molecular formula is C25H32N6O4. The van der Waals surface area contributed by atoms with E-state index in [1.165, 1.54) is 11.8 Å². The summed E-state index contributed by atoms with van der Waals surface area (Å²) >= 11 is 0. The largest absolute Gasteiger partial charge is 0.471 e. The molecule has 3 heterocycles. The van der Waals surface area contributed by atoms with E-state index in [-0.39, 0.29) is 23.7 Å². The van der Waals surface area contributed by atoms with Crippen LogP contribution in [0, 0.1) is 0 Å². The summed E-state index contributed by atoms with van der Waals surface area (Å²) in [7, 11) is 0. The van der Waals surface area contributed by atoms with Gasteiger partial charge in [-0.3, -0.25) is 14.3 Å². The van der Waals surface area contributed by atoms with E-state index in [0.717, 1.165) is 5.75 Å². The number of aromatic nitrogens is 4. The van der Waals surface area contributed by atoms with Crippen molar-refractivity contribution in [3.8, 4) is 5.75 Å². The third kappa shape index (κ3) is 5.71. The number of hydrogen-bond donors (Lipinski definition) is 1. The Morgan fingerprint density at radius 1 is 1.11 bits per heavy atom. The number of ether oxygens (including phenoxy) is 2. The molecule has 1 fully saturated rings. The van der Waals surface area contributed by atoms with Crippen molar-refractivity contribution >= 4 is 17.5 Å². The van der Waals surface area contributed by atoms with Crippen molar-refractivity contribution in [1.29, 1.82) is 0 Å². The van der Waals surface area contributed by atoms with Gasteiger partial charge < -0.3 is 19.7 Å². The van der Waals surface area contributed by atoms with Gasteiger partial charge in [-0.05, 0) is 36.1 Å². The summed E-state index contributed by atoms with van der Waals surface area (Å²) < 4.78 is 14.3. The highest BCUT2D eigenvalue weighted by Crippen LogP contribution is 2.24. The van der Waals surface area contributed by atoms with Gasteiger partial charge >= 0.3 is 0 Å². The SMILES string of the molecule is CCn1ncc(NC(=O)c2ccn(COc3ccc(C(C)(C)C)cc3)n2)c1C(=O)N1CCOCC1. The molecule has 0 radical (unpaired) electrons. The molecule has 3 aromatic rings. The fraction of sp³-hybridized carbons (Fsp3) is 0.440. The van der Waals surface area contributed by atoms with Gasteiger partial charge in [0, 0.05) is 25.8 Å². The molecule has 186 valence electrons. The fourth-order valence-electron chi connectivity index (χ4n) is 3.79. The second-order valence-corrected chi connectivity index (χ2v) is 9.37. The molecule has 0 atom stereocenters. The maximum atomic E-state index is 13.1. The molecule has 0 aliphatic carbocycles. The highest BCUT2D eigenvalue weighted by atomic mass is 16.5. The third-order valence-electron chi connectivity index (χ3n) is 5.85. The smallest absolute Gasteiger partial charge is 0.276 e. The highest BCUT2D eigenvalue weighted by Gasteiger charge is 2.26. The molecule has 1 aliphatic rings. The quantitative estimate of drug-likeness (QED) is 0.557. The van der Waals surface area contributed by atoms with Crippen LogP contribution in [0.25, 0.3) is 0 Å². The number of carbonyl (C=O) groups is 2. The average Bonchev–Trinajstić information content (AvgIpc) is 3.49. The van der Waals surface area contributed by atoms with Gasteiger partial charge in [0.1, 0.15) is 11.4 Å². The van der Waals surface area contributed by atoms with E-state index in [0.29, 0.717) is 44.2 Å². The van der Waals surface area contributed by atoms with E-state index in [2.05, 4.69) is 36.3 Å². The van der Waals surface area contributed by atoms with Crippen LogP contribution >= 0.6 is 0 Å². The minimum absolute atomic E-state index is 0.0725. The molecule has 35 heavy (non-hydrogen) atoms. The van der Waals surface area contributed by atoms with E-state index in [1.807, 2.05) is 31.2 Å². The van der Waals surface area contributed by atoms with Crippen molar-refractivity contribution in [3.05, 3.63) is 59.7 Å². The number of hydrogen-bond acceptors (Lipinski definition) is 6. The van der Waals surface area contributed by atoms with Gasteiger partial charge in [-0.1, -0.05) is 32.9 Å². The van der Waals surface area contributed by atoms with E-state index in [4.69, 9.17) is 9.47 Å². The fourth-order valence-corrected chi connectivity index (χ4v) is 3.79. The average molecular weight is 481 g/mol. The zero-order valence-corrected chi connectivity index (χ0v) is 20.7. The van der Waals surface area contributed by atoms with E-state index in [1.54, 1.807) is 26.5 Å². The van der Waals surface area contributed by atoms with E-state index >= 15 is 0 Å². The Balaban J connectivity index is 1.40. The lowest BCUT2D eigenvalue weighted by Gasteiger charge is -2.27. The Labute approximate surface area is 204 Å². The van der Waals surface area contributed by atoms with E-state index in [9.17, 15) is 9.59 Å². The van der Waals surface area contributed by atoms with Gasteiger partial charge in [-0.25, -0.2) is 4.68 Å². The number of benzene rings is 1. The topological polar surface area (TPSA) is 104 Å². The summed E-state index contributed by atoms with van der Waals surface area (Å²) in [6, 6.07) is 9.55. The lowest BCUT2D eigenvalue weighted by Crippen LogP contribution is -2.41. The lowest BCUT2D eigenvalue weighted by molar-refractivity contribution is 0.0295. The maximum absolute atomic E-state index is 13.1. The number of carbonyl (C=O) groups excluding carboxylic acids is 2. The van der Waals surface area contributed by atoms with Crippen LogP contribution in [0.3, 0.4) is 0 Å². The van der Waals surface area contributed by atoms with Crippen LogP contribution in [0.5, 0.6) is 5.75 Å². The molecule has 10 nitrogen and oxygen atoms in total. The predicted molar refractivity (Wildman–Crippen MR) is 131 cm³/mol. The summed E-state index contributed by atoms with van der Waals surface area (Å²) in [5.74, 6) is 0.113. The lowest BCUT2D eigenvalue weighted by atomic mass is 9.87. The Bertz CT molecular complexity index is 1170. The molecule has 0 unspecified atom stereocenters. The molecule has 0 spiro atoms. The molecular weight excluding hydrogens is 448 g/mol. The summed E-state index contributed by atoms with van der Waals surface area (Å²) in [6.07, 6.45) is 3.17. The molecule has 10 heteroatoms. The van der Waals surface area contributed by atoms with Crippen molar-refractivity contribution in [2.45, 2.75) is 46.4 Å². The summed E-state index contributed by atoms with van der Waals surface area (Å²) in [5.41, 5.74) is 2.22. The molecule has 0 saturated carbocycles. The molecule has 1 saturated heterocycles. The Kier molecular flexibility index (Phi) is 7.20. The number of nitrogens with zero attached hydrogens (tertiary/aromatic N) is 5. The van der Waals surface area contributed by atoms with Crippen molar-refractivity contribution in [2.75, 3.05) is 31.6 Å². The summed E-state index contributed by atoms with van der Waals surface area (Å²) in [5, 5.41) is 11.4. The highest BCUT2D eigenvalue weighted by molar-refractivity contribution is 6.07. The molecule has 1 aromatic carbocycles. The number of anilines is 1. The number of aryl methyl sites for hydroxylation is 1. The minimum atomic E-state index is -0.426. The van der Waals surface area contributed by atoms with Gasteiger partial charge in [-0.2, -0.15) is 10.2 Å². The summed E-state index contributed by atoms with van der Waals surface area (Å²) in [6.45, 7) is 11.0. The molecule has 2 aromatic heterocycles. The zero-order valence-electron chi connectivity index (χ0n) is 20.7. The van der Waals surface area contributed by atoms with Crippen LogP contribution in [-0.4, -0.2) is 62.6 Å². The normalized spacial score (nSPS) is 14.1. The van der Waals surface area contributed by atoms with Gasteiger partial charge in [0.15, 0.2) is 12.4 Å². The second-order valence-electron chi connectivity index (χ2n) is 9.37. The molecule has 2 amide bonds. The third-order valence-corrected chi connectivity index (χ3v) is 5.85. The van der Waals surface area contributed by atoms with Crippen molar-refractivity contribution in [3.63, 3.8) is 0 Å². The van der Waals surface area contributed by atoms with Gasteiger partial charge in [0.2, 0.25) is 0 Å². The van der Waals surface area contributed by atoms with Crippen LogP contribution < -0.4 is 10.1 Å². The Hall–Kier alpha value is -3.66. The van der Waals surface area contributed by atoms with Crippen LogP contribution in [-0.2, 0) is 23.4 Å². The standard InChI is InChI=1S/C25H32N6O4/c1-5-31-22(24(33)29-12-14-34-15-13-29)21(16-26-31)27-23(32)20-10-11-30(28-20)17-35-19-8-6-18(7-9-19)25(2,3)4/h6-11,16H,5,12-15,17H2,1-4H3,(H,27,32). The minimum Gasteiger partial charge on any atom is -0.471 e. The second kappa shape index (κ2) is 10.3. The van der Waals surface area contributed by atoms with Crippen LogP contribution in [0.4, 0.5) is 5.69 Å². The summed E-state index contributed by atoms with van der Waals surface area (Å²) in [4.78, 5) is 27.7. The van der Waals surface area contributed by atoms with Crippen LogP contribution in [0.15, 0.2) is 42.7 Å². The maximum Gasteiger partial charge on any atom is 0.276 e. The Morgan fingerprint density at radius 2 is 1.83 bits per heavy atom. The van der Waals surface area contributed by atoms with Gasteiger partial charge in [0.25, 0.3) is 11.8 Å².